The molecule has 0 N–H and O–H groups in total. The van der Waals surface area contributed by atoms with Crippen molar-refractivity contribution in [2.75, 3.05) is 0 Å². The highest BCUT2D eigenvalue weighted by Crippen LogP contribution is 2.54. The minimum absolute atomic E-state index is 0.163. The zero-order chi connectivity index (χ0) is 46.7. The Morgan fingerprint density at radius 1 is 0.338 bits per heavy atom. The van der Waals surface area contributed by atoms with Crippen molar-refractivity contribution in [3.63, 3.8) is 0 Å². The second-order valence-electron chi connectivity index (χ2n) is 20.3. The van der Waals surface area contributed by atoms with Crippen LogP contribution in [0.5, 0.6) is 0 Å². The van der Waals surface area contributed by atoms with E-state index >= 15 is 0 Å². The molecule has 1 aliphatic rings. The predicted octanol–water partition coefficient (Wildman–Crippen LogP) is 19.7. The molecule has 0 saturated carbocycles. The lowest BCUT2D eigenvalue weighted by atomic mass is 9.81. The van der Waals surface area contributed by atoms with Crippen LogP contribution in [0.3, 0.4) is 0 Å². The first-order valence-electron chi connectivity index (χ1n) is 24.8. The third kappa shape index (κ3) is 5.35. The highest BCUT2D eigenvalue weighted by atomic mass is 32.1. The number of hydrogen-bond acceptors (Lipinski definition) is 1. The van der Waals surface area contributed by atoms with Gasteiger partial charge in [0, 0.05) is 42.0 Å². The lowest BCUT2D eigenvalue weighted by Crippen LogP contribution is -2.16. The quantitative estimate of drug-likeness (QED) is 0.123. The molecule has 71 heavy (non-hydrogen) atoms. The minimum atomic E-state index is -0.163. The Labute approximate surface area is 414 Å². The molecule has 15 aromatic rings. The maximum atomic E-state index is 2.53. The number of hydrogen-bond donors (Lipinski definition) is 0. The van der Waals surface area contributed by atoms with E-state index in [1.165, 1.54) is 157 Å². The van der Waals surface area contributed by atoms with Crippen molar-refractivity contribution in [1.82, 2.24) is 4.57 Å². The summed E-state index contributed by atoms with van der Waals surface area (Å²) in [6.45, 7) is 4.81. The summed E-state index contributed by atoms with van der Waals surface area (Å²) in [5, 5.41) is 20.7. The van der Waals surface area contributed by atoms with Crippen LogP contribution in [0.1, 0.15) is 25.0 Å². The third-order valence-corrected chi connectivity index (χ3v) is 17.4. The normalized spacial score (nSPS) is 13.3. The monoisotopic (exact) mass is 917 g/mol. The topological polar surface area (TPSA) is 4.93 Å². The first-order valence-corrected chi connectivity index (χ1v) is 25.6. The number of nitrogens with zero attached hydrogens (tertiary/aromatic N) is 1. The van der Waals surface area contributed by atoms with Gasteiger partial charge >= 0.3 is 0 Å². The molecule has 0 bridgehead atoms. The Hall–Kier alpha value is -8.56. The van der Waals surface area contributed by atoms with Gasteiger partial charge in [-0.15, -0.1) is 11.3 Å². The van der Waals surface area contributed by atoms with Crippen molar-refractivity contribution in [1.29, 1.82) is 0 Å². The van der Waals surface area contributed by atoms with Gasteiger partial charge in [0.1, 0.15) is 0 Å². The largest absolute Gasteiger partial charge is 0.309 e. The summed E-state index contributed by atoms with van der Waals surface area (Å²) in [5.41, 5.74) is 14.0. The molecule has 2 heteroatoms. The number of rotatable bonds is 3. The van der Waals surface area contributed by atoms with Gasteiger partial charge < -0.3 is 4.57 Å². The van der Waals surface area contributed by atoms with Gasteiger partial charge in [-0.25, -0.2) is 0 Å². The Kier molecular flexibility index (Phi) is 7.90. The standard InChI is InChI=1S/C69H43NS/c1-69(2)61-27-15-14-22-47(61)53-31-32-54-59-36-42(29-33-62(59)70(68(54)67(53)69)44-18-4-3-5-19-44)65-49-23-10-12-25-51(49)66(52-26-13-11-24-50(52)65)43-28-30-48-60-38-57-56-35-41-17-7-6-16-40(41)34-55(56)45-20-8-9-21-46(45)58(57)39-64(60)71-63(48)37-43/h3-39H,1-2H3. The van der Waals surface area contributed by atoms with Crippen LogP contribution >= 0.6 is 11.3 Å². The van der Waals surface area contributed by atoms with E-state index in [1.807, 2.05) is 11.3 Å². The number of thiophene rings is 1. The zero-order valence-corrected chi connectivity index (χ0v) is 40.0. The fourth-order valence-corrected chi connectivity index (χ4v) is 14.3. The van der Waals surface area contributed by atoms with Gasteiger partial charge in [-0.05, 0) is 164 Å². The summed E-state index contributed by atoms with van der Waals surface area (Å²) in [4.78, 5) is 0. The van der Waals surface area contributed by atoms with Crippen LogP contribution in [0, 0.1) is 0 Å². The second-order valence-corrected chi connectivity index (χ2v) is 21.4. The molecule has 0 saturated heterocycles. The van der Waals surface area contributed by atoms with E-state index in [2.05, 4.69) is 243 Å². The summed E-state index contributed by atoms with van der Waals surface area (Å²) in [7, 11) is 0. The summed E-state index contributed by atoms with van der Waals surface area (Å²) in [5.74, 6) is 0. The van der Waals surface area contributed by atoms with Crippen LogP contribution in [0.25, 0.3) is 146 Å². The van der Waals surface area contributed by atoms with E-state index in [9.17, 15) is 0 Å². The highest BCUT2D eigenvalue weighted by molar-refractivity contribution is 7.26. The molecular weight excluding hydrogens is 875 g/mol. The summed E-state index contributed by atoms with van der Waals surface area (Å²) in [6.07, 6.45) is 0. The molecule has 0 unspecified atom stereocenters. The minimum Gasteiger partial charge on any atom is -0.309 e. The first-order chi connectivity index (χ1) is 35.0. The Bertz CT molecular complexity index is 4780. The molecule has 13 aromatic carbocycles. The number of para-hydroxylation sites is 1. The van der Waals surface area contributed by atoms with E-state index in [1.54, 1.807) is 0 Å². The molecule has 0 spiro atoms. The summed E-state index contributed by atoms with van der Waals surface area (Å²) in [6, 6.07) is 84.8. The maximum Gasteiger partial charge on any atom is 0.0588 e. The molecule has 2 aromatic heterocycles. The van der Waals surface area contributed by atoms with Crippen LogP contribution < -0.4 is 0 Å². The molecule has 1 nitrogen and oxygen atoms in total. The van der Waals surface area contributed by atoms with Gasteiger partial charge in [-0.2, -0.15) is 0 Å². The molecule has 16 rings (SSSR count). The molecule has 0 atom stereocenters. The number of benzene rings is 13. The molecular formula is C69H43NS. The van der Waals surface area contributed by atoms with Crippen LogP contribution in [0.4, 0.5) is 0 Å². The first kappa shape index (κ1) is 39.3. The van der Waals surface area contributed by atoms with E-state index in [0.29, 0.717) is 0 Å². The van der Waals surface area contributed by atoms with Crippen molar-refractivity contribution < 1.29 is 0 Å². The van der Waals surface area contributed by atoms with Gasteiger partial charge in [0.05, 0.1) is 11.0 Å². The lowest BCUT2D eigenvalue weighted by molar-refractivity contribution is 0.664. The predicted molar refractivity (Wildman–Crippen MR) is 307 cm³/mol. The van der Waals surface area contributed by atoms with E-state index in [-0.39, 0.29) is 5.41 Å². The van der Waals surface area contributed by atoms with Gasteiger partial charge in [-0.1, -0.05) is 184 Å². The van der Waals surface area contributed by atoms with Gasteiger partial charge in [0.25, 0.3) is 0 Å². The van der Waals surface area contributed by atoms with Crippen molar-refractivity contribution in [2.45, 2.75) is 19.3 Å². The fourth-order valence-electron chi connectivity index (χ4n) is 13.2. The Balaban J connectivity index is 0.912. The van der Waals surface area contributed by atoms with Crippen LogP contribution in [0.2, 0.25) is 0 Å². The summed E-state index contributed by atoms with van der Waals surface area (Å²) < 4.78 is 5.16. The second kappa shape index (κ2) is 14.3. The van der Waals surface area contributed by atoms with Crippen molar-refractivity contribution in [3.8, 4) is 39.1 Å². The molecule has 0 radical (unpaired) electrons. The van der Waals surface area contributed by atoms with Crippen LogP contribution in [0.15, 0.2) is 224 Å². The van der Waals surface area contributed by atoms with Crippen molar-refractivity contribution >= 4 is 118 Å². The Morgan fingerprint density at radius 3 is 1.55 bits per heavy atom. The van der Waals surface area contributed by atoms with Crippen LogP contribution in [-0.4, -0.2) is 4.57 Å². The zero-order valence-electron chi connectivity index (χ0n) is 39.2. The number of fused-ring (bicyclic) bond motifs is 19. The van der Waals surface area contributed by atoms with E-state index in [4.69, 9.17) is 0 Å². The smallest absolute Gasteiger partial charge is 0.0588 e. The fraction of sp³-hybridized carbons (Fsp3) is 0.0435. The highest BCUT2D eigenvalue weighted by Gasteiger charge is 2.38. The van der Waals surface area contributed by atoms with Crippen molar-refractivity contribution in [2.24, 2.45) is 0 Å². The maximum absolute atomic E-state index is 2.53. The molecule has 2 heterocycles. The lowest BCUT2D eigenvalue weighted by Gasteiger charge is -2.23. The molecule has 330 valence electrons. The average molecular weight is 918 g/mol. The third-order valence-electron chi connectivity index (χ3n) is 16.3. The van der Waals surface area contributed by atoms with E-state index in [0.717, 1.165) is 0 Å². The van der Waals surface area contributed by atoms with Crippen LogP contribution in [-0.2, 0) is 5.41 Å². The molecule has 0 aliphatic heterocycles. The average Bonchev–Trinajstić information content (AvgIpc) is 4.03. The van der Waals surface area contributed by atoms with Crippen molar-refractivity contribution in [3.05, 3.63) is 236 Å². The number of aromatic nitrogens is 1. The summed E-state index contributed by atoms with van der Waals surface area (Å²) >= 11 is 1.92. The molecule has 0 amide bonds. The SMILES string of the molecule is CC1(C)c2ccccc2-c2ccc3c4cc(-c5c6ccccc6c(-c6ccc7c(c6)sc6cc8c9ccccc9c9cc%10ccccc%10cc9c8cc67)c6ccccc56)ccc4n(-c4ccccc4)c3c21. The molecule has 0 fully saturated rings. The van der Waals surface area contributed by atoms with Gasteiger partial charge in [0.2, 0.25) is 0 Å². The van der Waals surface area contributed by atoms with Gasteiger partial charge in [0.15, 0.2) is 0 Å². The Morgan fingerprint density at radius 2 is 0.859 bits per heavy atom. The van der Waals surface area contributed by atoms with E-state index < -0.39 is 0 Å². The van der Waals surface area contributed by atoms with Gasteiger partial charge in [-0.3, -0.25) is 0 Å². The molecule has 1 aliphatic carbocycles.